The van der Waals surface area contributed by atoms with Crippen LogP contribution in [0.4, 0.5) is 0 Å². The molecule has 0 aliphatic heterocycles. The van der Waals surface area contributed by atoms with Crippen LogP contribution in [0.15, 0.2) is 188 Å². The van der Waals surface area contributed by atoms with Crippen LogP contribution in [0.2, 0.25) is 0 Å². The molecule has 6 aromatic heterocycles. The summed E-state index contributed by atoms with van der Waals surface area (Å²) in [7, 11) is 0. The van der Waals surface area contributed by atoms with E-state index in [1.54, 1.807) is 12.4 Å². The minimum atomic E-state index is 0.442. The van der Waals surface area contributed by atoms with Gasteiger partial charge in [-0.25, -0.2) is 9.97 Å². The molecule has 6 aromatic carbocycles. The van der Waals surface area contributed by atoms with E-state index in [0.29, 0.717) is 29.0 Å². The summed E-state index contributed by atoms with van der Waals surface area (Å²) in [5.74, 6) is 2.16. The van der Waals surface area contributed by atoms with Gasteiger partial charge in [0.1, 0.15) is 22.7 Å². The molecule has 0 spiro atoms. The van der Waals surface area contributed by atoms with Gasteiger partial charge in [0.2, 0.25) is 5.95 Å². The second-order valence-corrected chi connectivity index (χ2v) is 14.4. The summed E-state index contributed by atoms with van der Waals surface area (Å²) < 4.78 is 6.88. The lowest BCUT2D eigenvalue weighted by Gasteiger charge is -2.14. The van der Waals surface area contributed by atoms with Gasteiger partial charge in [-0.2, -0.15) is 9.97 Å². The summed E-state index contributed by atoms with van der Waals surface area (Å²) in [6.45, 7) is 0. The highest BCUT2D eigenvalue weighted by molar-refractivity contribution is 6.36. The van der Waals surface area contributed by atoms with Gasteiger partial charge in [-0.1, -0.05) is 115 Å². The van der Waals surface area contributed by atoms with Crippen LogP contribution in [0.1, 0.15) is 0 Å². The zero-order valence-electron chi connectivity index (χ0n) is 31.4. The molecule has 0 atom stereocenters. The minimum Gasteiger partial charge on any atom is -0.308 e. The van der Waals surface area contributed by atoms with Crippen LogP contribution in [-0.2, 0) is 0 Å². The maximum absolute atomic E-state index is 5.69. The fourth-order valence-corrected chi connectivity index (χ4v) is 8.58. The topological polar surface area (TPSA) is 92.1 Å². The number of pyridine rings is 2. The quantitative estimate of drug-likeness (QED) is 0.168. The van der Waals surface area contributed by atoms with Gasteiger partial charge in [-0.3, -0.25) is 19.1 Å². The fourth-order valence-electron chi connectivity index (χ4n) is 8.58. The smallest absolute Gasteiger partial charge is 0.238 e. The second kappa shape index (κ2) is 13.1. The largest absolute Gasteiger partial charge is 0.308 e. The first-order valence-corrected chi connectivity index (χ1v) is 19.5. The van der Waals surface area contributed by atoms with Crippen molar-refractivity contribution in [1.82, 2.24) is 43.6 Å². The van der Waals surface area contributed by atoms with E-state index in [4.69, 9.17) is 19.9 Å². The molecule has 9 nitrogen and oxygen atoms in total. The van der Waals surface area contributed by atoms with E-state index in [-0.39, 0.29) is 0 Å². The molecular weight excluding hydrogens is 727 g/mol. The summed E-state index contributed by atoms with van der Waals surface area (Å²) >= 11 is 0. The fraction of sp³-hybridized carbons (Fsp3) is 0. The zero-order valence-corrected chi connectivity index (χ0v) is 31.4. The minimum absolute atomic E-state index is 0.442. The predicted molar refractivity (Wildman–Crippen MR) is 235 cm³/mol. The van der Waals surface area contributed by atoms with Gasteiger partial charge in [0.15, 0.2) is 11.6 Å². The van der Waals surface area contributed by atoms with Gasteiger partial charge in [-0.05, 0) is 60.7 Å². The number of hydrogen-bond donors (Lipinski definition) is 0. The Kier molecular flexibility index (Phi) is 7.33. The van der Waals surface area contributed by atoms with Crippen LogP contribution in [0, 0.1) is 0 Å². The lowest BCUT2D eigenvalue weighted by atomic mass is 10.1. The molecule has 12 aromatic rings. The van der Waals surface area contributed by atoms with Crippen LogP contribution >= 0.6 is 0 Å². The number of benzene rings is 6. The third kappa shape index (κ3) is 5.05. The number of nitrogens with zero attached hydrogens (tertiary/aromatic N) is 9. The molecule has 0 fully saturated rings. The molecular formula is C50H31N9. The summed E-state index contributed by atoms with van der Waals surface area (Å²) in [6.07, 6.45) is 3.51. The van der Waals surface area contributed by atoms with Crippen molar-refractivity contribution in [2.24, 2.45) is 0 Å². The molecule has 0 aliphatic carbocycles. The van der Waals surface area contributed by atoms with Gasteiger partial charge in [-0.15, -0.1) is 0 Å². The molecule has 6 heterocycles. The standard InChI is InChI=1S/C50H31N9/c1-4-18-32(19-5-1)49-53-43-41-35-24-10-12-28-39(35)57(33-20-6-2-7-21-33)44(41)42-36-25-11-13-29-40(36)59(45(42)46(43)58(49)34-22-8-3-9-23-34)50-55-47(37-26-14-16-30-51-37)54-48(56-50)38-27-15-17-31-52-38/h1-31H. The lowest BCUT2D eigenvalue weighted by Crippen LogP contribution is -2.08. The number of rotatable bonds is 6. The first-order valence-electron chi connectivity index (χ1n) is 19.5. The molecule has 9 heteroatoms. The van der Waals surface area contributed by atoms with Crippen LogP contribution in [0.5, 0.6) is 0 Å². The molecule has 59 heavy (non-hydrogen) atoms. The average Bonchev–Trinajstić information content (AvgIpc) is 3.99. The van der Waals surface area contributed by atoms with Crippen molar-refractivity contribution in [1.29, 1.82) is 0 Å². The first-order chi connectivity index (χ1) is 29.3. The van der Waals surface area contributed by atoms with Crippen molar-refractivity contribution < 1.29 is 0 Å². The molecule has 12 rings (SSSR count). The van der Waals surface area contributed by atoms with Crippen LogP contribution in [0.25, 0.3) is 106 Å². The molecule has 276 valence electrons. The Bertz CT molecular complexity index is 3470. The number of imidazole rings is 1. The third-order valence-electron chi connectivity index (χ3n) is 11.0. The van der Waals surface area contributed by atoms with E-state index in [9.17, 15) is 0 Å². The van der Waals surface area contributed by atoms with E-state index in [2.05, 4.69) is 151 Å². The van der Waals surface area contributed by atoms with Crippen molar-refractivity contribution >= 4 is 54.6 Å². The molecule has 0 amide bonds. The van der Waals surface area contributed by atoms with Crippen molar-refractivity contribution in [3.8, 4) is 51.7 Å². The monoisotopic (exact) mass is 757 g/mol. The van der Waals surface area contributed by atoms with E-state index in [1.165, 1.54) is 0 Å². The molecule has 0 radical (unpaired) electrons. The van der Waals surface area contributed by atoms with Crippen molar-refractivity contribution in [3.05, 3.63) is 188 Å². The van der Waals surface area contributed by atoms with Gasteiger partial charge in [0.25, 0.3) is 0 Å². The van der Waals surface area contributed by atoms with E-state index < -0.39 is 0 Å². The van der Waals surface area contributed by atoms with Crippen LogP contribution in [0.3, 0.4) is 0 Å². The Morgan fingerprint density at radius 1 is 0.356 bits per heavy atom. The predicted octanol–water partition coefficient (Wildman–Crippen LogP) is 11.2. The Hall–Kier alpha value is -8.30. The van der Waals surface area contributed by atoms with E-state index in [0.717, 1.165) is 77.4 Å². The number of hydrogen-bond acceptors (Lipinski definition) is 6. The average molecular weight is 758 g/mol. The second-order valence-electron chi connectivity index (χ2n) is 14.4. The number of aromatic nitrogens is 9. The molecule has 0 bridgehead atoms. The molecule has 0 saturated heterocycles. The van der Waals surface area contributed by atoms with E-state index in [1.807, 2.05) is 48.5 Å². The highest BCUT2D eigenvalue weighted by atomic mass is 15.2. The van der Waals surface area contributed by atoms with Crippen molar-refractivity contribution in [2.75, 3.05) is 0 Å². The third-order valence-corrected chi connectivity index (χ3v) is 11.0. The maximum atomic E-state index is 5.69. The summed E-state index contributed by atoms with van der Waals surface area (Å²) in [5.41, 5.74) is 10.1. The first kappa shape index (κ1) is 32.9. The summed E-state index contributed by atoms with van der Waals surface area (Å²) in [6, 6.07) is 60.2. The Balaban J connectivity index is 1.37. The van der Waals surface area contributed by atoms with Gasteiger partial charge < -0.3 is 4.57 Å². The van der Waals surface area contributed by atoms with Gasteiger partial charge in [0, 0.05) is 50.9 Å². The van der Waals surface area contributed by atoms with Crippen molar-refractivity contribution in [3.63, 3.8) is 0 Å². The maximum Gasteiger partial charge on any atom is 0.238 e. The SMILES string of the molecule is c1ccc(-c2nc3c4c5ccccc5n(-c5ccccc5)c4c4c5ccccc5n(-c5nc(-c6ccccn6)nc(-c6ccccn6)n5)c4c3n2-c2ccccc2)cc1. The van der Waals surface area contributed by atoms with Crippen LogP contribution in [-0.4, -0.2) is 43.6 Å². The zero-order chi connectivity index (χ0) is 38.9. The molecule has 0 unspecified atom stereocenters. The van der Waals surface area contributed by atoms with Gasteiger partial charge >= 0.3 is 0 Å². The number of para-hydroxylation sites is 4. The normalized spacial score (nSPS) is 11.7. The Morgan fingerprint density at radius 3 is 1.46 bits per heavy atom. The number of fused-ring (bicyclic) bond motifs is 10. The molecule has 0 aliphatic rings. The van der Waals surface area contributed by atoms with Crippen molar-refractivity contribution in [2.45, 2.75) is 0 Å². The Labute approximate surface area is 337 Å². The highest BCUT2D eigenvalue weighted by Crippen LogP contribution is 2.48. The molecule has 0 saturated carbocycles. The lowest BCUT2D eigenvalue weighted by molar-refractivity contribution is 0.943. The highest BCUT2D eigenvalue weighted by Gasteiger charge is 2.30. The molecule has 0 N–H and O–H groups in total. The van der Waals surface area contributed by atoms with Crippen LogP contribution < -0.4 is 0 Å². The summed E-state index contributed by atoms with van der Waals surface area (Å²) in [5, 5.41) is 4.29. The summed E-state index contributed by atoms with van der Waals surface area (Å²) in [4.78, 5) is 30.5. The Morgan fingerprint density at radius 2 is 0.864 bits per heavy atom. The van der Waals surface area contributed by atoms with E-state index >= 15 is 0 Å². The van der Waals surface area contributed by atoms with Gasteiger partial charge in [0.05, 0.1) is 27.6 Å².